The summed E-state index contributed by atoms with van der Waals surface area (Å²) in [5, 5.41) is 14.1. The van der Waals surface area contributed by atoms with E-state index in [-0.39, 0.29) is 0 Å². The van der Waals surface area contributed by atoms with Crippen molar-refractivity contribution < 1.29 is 5.11 Å². The van der Waals surface area contributed by atoms with Crippen molar-refractivity contribution in [1.82, 2.24) is 5.32 Å². The highest BCUT2D eigenvalue weighted by Crippen LogP contribution is 2.31. The first-order valence-electron chi connectivity index (χ1n) is 8.02. The number of hydrogen-bond donors (Lipinski definition) is 2. The number of unbranched alkanes of at least 4 members (excludes halogenated alkanes) is 1. The van der Waals surface area contributed by atoms with Crippen LogP contribution in [0.25, 0.3) is 0 Å². The largest absolute Gasteiger partial charge is 0.389 e. The quantitative estimate of drug-likeness (QED) is 0.692. The van der Waals surface area contributed by atoms with Crippen LogP contribution in [0.5, 0.6) is 0 Å². The Labute approximate surface area is 114 Å². The summed E-state index contributed by atoms with van der Waals surface area (Å²) in [6.45, 7) is 8.67. The Bertz CT molecular complexity index is 219. The minimum Gasteiger partial charge on any atom is -0.389 e. The Kier molecular flexibility index (Phi) is 7.25. The predicted molar refractivity (Wildman–Crippen MR) is 78.8 cm³/mol. The molecule has 1 rings (SSSR count). The van der Waals surface area contributed by atoms with E-state index >= 15 is 0 Å². The molecule has 0 aromatic heterocycles. The van der Waals surface area contributed by atoms with Crippen molar-refractivity contribution in [3.63, 3.8) is 0 Å². The van der Waals surface area contributed by atoms with Gasteiger partial charge < -0.3 is 10.4 Å². The predicted octanol–water partition coefficient (Wildman–Crippen LogP) is 3.73. The van der Waals surface area contributed by atoms with Crippen molar-refractivity contribution in [3.8, 4) is 0 Å². The summed E-state index contributed by atoms with van der Waals surface area (Å²) in [4.78, 5) is 0. The van der Waals surface area contributed by atoms with E-state index in [1.807, 2.05) is 0 Å². The highest BCUT2D eigenvalue weighted by molar-refractivity contribution is 4.87. The summed E-state index contributed by atoms with van der Waals surface area (Å²) in [5.74, 6) is 1.47. The second-order valence-electron chi connectivity index (χ2n) is 6.47. The topological polar surface area (TPSA) is 32.3 Å². The summed E-state index contributed by atoms with van der Waals surface area (Å²) in [5.41, 5.74) is -0.430. The van der Waals surface area contributed by atoms with E-state index < -0.39 is 5.60 Å². The lowest BCUT2D eigenvalue weighted by Crippen LogP contribution is -2.45. The second-order valence-corrected chi connectivity index (χ2v) is 6.47. The van der Waals surface area contributed by atoms with Crippen LogP contribution in [0.3, 0.4) is 0 Å². The summed E-state index contributed by atoms with van der Waals surface area (Å²) < 4.78 is 0. The van der Waals surface area contributed by atoms with E-state index in [1.54, 1.807) is 0 Å². The van der Waals surface area contributed by atoms with Gasteiger partial charge in [0.2, 0.25) is 0 Å². The maximum atomic E-state index is 10.5. The highest BCUT2D eigenvalue weighted by Gasteiger charge is 2.32. The van der Waals surface area contributed by atoms with Crippen molar-refractivity contribution in [2.75, 3.05) is 13.1 Å². The molecular weight excluding hydrogens is 222 g/mol. The standard InChI is InChI=1S/C16H33NO/c1-4-6-9-15(5-2)12-17-13-16(18)10-7-8-14(3)11-16/h14-15,17-18H,4-13H2,1-3H3. The van der Waals surface area contributed by atoms with Crippen LogP contribution < -0.4 is 5.32 Å². The molecule has 3 atom stereocenters. The Morgan fingerprint density at radius 2 is 2.17 bits per heavy atom. The molecule has 0 heterocycles. The minimum atomic E-state index is -0.430. The highest BCUT2D eigenvalue weighted by atomic mass is 16.3. The third-order valence-corrected chi connectivity index (χ3v) is 4.50. The van der Waals surface area contributed by atoms with Crippen LogP contribution in [-0.4, -0.2) is 23.8 Å². The molecule has 2 heteroatoms. The van der Waals surface area contributed by atoms with E-state index in [9.17, 15) is 5.11 Å². The molecule has 2 N–H and O–H groups in total. The van der Waals surface area contributed by atoms with Gasteiger partial charge in [0.1, 0.15) is 0 Å². The third-order valence-electron chi connectivity index (χ3n) is 4.50. The minimum absolute atomic E-state index is 0.430. The van der Waals surface area contributed by atoms with Gasteiger partial charge in [-0.15, -0.1) is 0 Å². The Balaban J connectivity index is 2.22. The molecule has 0 aromatic carbocycles. The lowest BCUT2D eigenvalue weighted by molar-refractivity contribution is -0.0123. The van der Waals surface area contributed by atoms with Crippen molar-refractivity contribution in [1.29, 1.82) is 0 Å². The van der Waals surface area contributed by atoms with E-state index in [1.165, 1.54) is 38.5 Å². The van der Waals surface area contributed by atoms with Crippen molar-refractivity contribution in [2.45, 2.75) is 77.7 Å². The molecule has 0 spiro atoms. The van der Waals surface area contributed by atoms with Crippen LogP contribution in [0.1, 0.15) is 72.1 Å². The summed E-state index contributed by atoms with van der Waals surface area (Å²) >= 11 is 0. The van der Waals surface area contributed by atoms with Gasteiger partial charge in [0.05, 0.1) is 5.60 Å². The lowest BCUT2D eigenvalue weighted by Gasteiger charge is -2.36. The van der Waals surface area contributed by atoms with Gasteiger partial charge in [-0.05, 0) is 37.6 Å². The van der Waals surface area contributed by atoms with Crippen LogP contribution in [0, 0.1) is 11.8 Å². The molecule has 2 nitrogen and oxygen atoms in total. The van der Waals surface area contributed by atoms with Gasteiger partial charge in [-0.3, -0.25) is 0 Å². The summed E-state index contributed by atoms with van der Waals surface area (Å²) in [6.07, 6.45) is 9.64. The lowest BCUT2D eigenvalue weighted by atomic mass is 9.79. The Morgan fingerprint density at radius 3 is 2.78 bits per heavy atom. The normalized spacial score (nSPS) is 30.3. The molecule has 1 aliphatic rings. The fourth-order valence-electron chi connectivity index (χ4n) is 3.25. The number of nitrogens with one attached hydrogen (secondary N) is 1. The van der Waals surface area contributed by atoms with E-state index in [0.29, 0.717) is 5.92 Å². The SMILES string of the molecule is CCCCC(CC)CNCC1(O)CCCC(C)C1. The number of aliphatic hydroxyl groups is 1. The smallest absolute Gasteiger partial charge is 0.0774 e. The van der Waals surface area contributed by atoms with Gasteiger partial charge in [-0.2, -0.15) is 0 Å². The first-order valence-corrected chi connectivity index (χ1v) is 8.02. The molecule has 1 fully saturated rings. The van der Waals surface area contributed by atoms with Gasteiger partial charge in [-0.1, -0.05) is 52.9 Å². The van der Waals surface area contributed by atoms with Crippen LogP contribution in [0.15, 0.2) is 0 Å². The van der Waals surface area contributed by atoms with Gasteiger partial charge in [0, 0.05) is 6.54 Å². The number of rotatable bonds is 8. The van der Waals surface area contributed by atoms with Crippen LogP contribution >= 0.6 is 0 Å². The summed E-state index contributed by atoms with van der Waals surface area (Å²) in [7, 11) is 0. The van der Waals surface area contributed by atoms with Crippen molar-refractivity contribution in [2.24, 2.45) is 11.8 Å². The van der Waals surface area contributed by atoms with Crippen LogP contribution in [0.2, 0.25) is 0 Å². The van der Waals surface area contributed by atoms with Crippen molar-refractivity contribution >= 4 is 0 Å². The third kappa shape index (κ3) is 5.71. The average Bonchev–Trinajstić information content (AvgIpc) is 2.33. The van der Waals surface area contributed by atoms with Crippen molar-refractivity contribution in [3.05, 3.63) is 0 Å². The van der Waals surface area contributed by atoms with Gasteiger partial charge >= 0.3 is 0 Å². The molecule has 1 saturated carbocycles. The monoisotopic (exact) mass is 255 g/mol. The molecule has 0 bridgehead atoms. The fraction of sp³-hybridized carbons (Fsp3) is 1.00. The molecule has 0 radical (unpaired) electrons. The van der Waals surface area contributed by atoms with E-state index in [4.69, 9.17) is 0 Å². The number of hydrogen-bond acceptors (Lipinski definition) is 2. The first-order chi connectivity index (χ1) is 8.59. The maximum Gasteiger partial charge on any atom is 0.0774 e. The average molecular weight is 255 g/mol. The zero-order valence-corrected chi connectivity index (χ0v) is 12.7. The van der Waals surface area contributed by atoms with Gasteiger partial charge in [0.15, 0.2) is 0 Å². The Morgan fingerprint density at radius 1 is 1.39 bits per heavy atom. The Hall–Kier alpha value is -0.0800. The molecular formula is C16H33NO. The van der Waals surface area contributed by atoms with Gasteiger partial charge in [-0.25, -0.2) is 0 Å². The maximum absolute atomic E-state index is 10.5. The molecule has 3 unspecified atom stereocenters. The summed E-state index contributed by atoms with van der Waals surface area (Å²) in [6, 6.07) is 0. The van der Waals surface area contributed by atoms with Gasteiger partial charge in [0.25, 0.3) is 0 Å². The molecule has 0 amide bonds. The molecule has 18 heavy (non-hydrogen) atoms. The van der Waals surface area contributed by atoms with Crippen LogP contribution in [-0.2, 0) is 0 Å². The zero-order chi connectivity index (χ0) is 13.4. The molecule has 108 valence electrons. The van der Waals surface area contributed by atoms with E-state index in [0.717, 1.165) is 31.8 Å². The molecule has 1 aliphatic carbocycles. The van der Waals surface area contributed by atoms with Crippen LogP contribution in [0.4, 0.5) is 0 Å². The molecule has 0 saturated heterocycles. The zero-order valence-electron chi connectivity index (χ0n) is 12.7. The fourth-order valence-corrected chi connectivity index (χ4v) is 3.25. The second kappa shape index (κ2) is 8.16. The molecule has 0 aromatic rings. The van der Waals surface area contributed by atoms with E-state index in [2.05, 4.69) is 26.1 Å². The molecule has 0 aliphatic heterocycles. The first kappa shape index (κ1) is 16.0.